The zero-order valence-electron chi connectivity index (χ0n) is 13.2. The van der Waals surface area contributed by atoms with E-state index in [1.165, 1.54) is 0 Å². The van der Waals surface area contributed by atoms with Gasteiger partial charge in [0.15, 0.2) is 0 Å². The van der Waals surface area contributed by atoms with E-state index in [1.54, 1.807) is 10.9 Å². The monoisotopic (exact) mass is 332 g/mol. The predicted molar refractivity (Wildman–Crippen MR) is 91.0 cm³/mol. The molecule has 2 aromatic rings. The van der Waals surface area contributed by atoms with Crippen LogP contribution in [0.15, 0.2) is 30.5 Å². The lowest BCUT2D eigenvalue weighted by molar-refractivity contribution is 0.0622. The number of piperidine rings is 1. The molecule has 0 aliphatic carbocycles. The van der Waals surface area contributed by atoms with E-state index in [-0.39, 0.29) is 11.9 Å². The smallest absolute Gasteiger partial charge is 0.257 e. The molecule has 1 aliphatic heterocycles. The van der Waals surface area contributed by atoms with Crippen molar-refractivity contribution in [1.29, 1.82) is 0 Å². The fraction of sp³-hybridized carbons (Fsp3) is 0.412. The van der Waals surface area contributed by atoms with Gasteiger partial charge in [-0.1, -0.05) is 11.6 Å². The van der Waals surface area contributed by atoms with Crippen molar-refractivity contribution < 1.29 is 4.79 Å². The van der Waals surface area contributed by atoms with Crippen LogP contribution in [-0.2, 0) is 0 Å². The minimum Gasteiger partial charge on any atom is -0.334 e. The van der Waals surface area contributed by atoms with Crippen molar-refractivity contribution in [3.05, 3.63) is 46.7 Å². The molecular formula is C17H21ClN4O. The zero-order chi connectivity index (χ0) is 16.4. The number of hydrogen-bond donors (Lipinski definition) is 1. The van der Waals surface area contributed by atoms with Crippen LogP contribution in [0.1, 0.15) is 35.3 Å². The molecule has 1 saturated heterocycles. The van der Waals surface area contributed by atoms with Gasteiger partial charge in [0.25, 0.3) is 5.91 Å². The topological polar surface area (TPSA) is 64.2 Å². The average Bonchev–Trinajstić information content (AvgIpc) is 2.96. The van der Waals surface area contributed by atoms with E-state index in [0.29, 0.717) is 17.1 Å². The lowest BCUT2D eigenvalue weighted by atomic mass is 10.0. The first kappa shape index (κ1) is 16.0. The van der Waals surface area contributed by atoms with E-state index in [0.717, 1.165) is 37.2 Å². The number of aryl methyl sites for hydroxylation is 1. The molecule has 1 atom stereocenters. The minimum atomic E-state index is 0.0258. The molecule has 3 rings (SSSR count). The first-order chi connectivity index (χ1) is 11.1. The number of halogens is 1. The molecule has 2 N–H and O–H groups in total. The molecule has 0 radical (unpaired) electrons. The molecule has 1 aromatic heterocycles. The molecule has 0 bridgehead atoms. The number of carbonyl (C=O) groups is 1. The Morgan fingerprint density at radius 2 is 2.09 bits per heavy atom. The number of nitrogens with two attached hydrogens (primary N) is 1. The third kappa shape index (κ3) is 3.26. The van der Waals surface area contributed by atoms with Gasteiger partial charge in [0.05, 0.1) is 16.9 Å². The molecule has 1 aromatic carbocycles. The lowest BCUT2D eigenvalue weighted by Crippen LogP contribution is -2.47. The van der Waals surface area contributed by atoms with Crippen LogP contribution >= 0.6 is 11.6 Å². The van der Waals surface area contributed by atoms with Crippen molar-refractivity contribution in [2.75, 3.05) is 13.1 Å². The number of rotatable bonds is 3. The number of benzene rings is 1. The normalized spacial score (nSPS) is 18.2. The van der Waals surface area contributed by atoms with Gasteiger partial charge in [-0.2, -0.15) is 5.10 Å². The predicted octanol–water partition coefficient (Wildman–Crippen LogP) is 2.79. The second kappa shape index (κ2) is 6.72. The minimum absolute atomic E-state index is 0.0258. The van der Waals surface area contributed by atoms with Crippen LogP contribution in [0.5, 0.6) is 0 Å². The Morgan fingerprint density at radius 3 is 2.78 bits per heavy atom. The summed E-state index contributed by atoms with van der Waals surface area (Å²) in [4.78, 5) is 14.8. The molecule has 0 spiro atoms. The number of amides is 1. The summed E-state index contributed by atoms with van der Waals surface area (Å²) in [5.74, 6) is 0.0258. The fourth-order valence-electron chi connectivity index (χ4n) is 3.06. The quantitative estimate of drug-likeness (QED) is 0.940. The number of likely N-dealkylation sites (tertiary alicyclic amines) is 1. The Morgan fingerprint density at radius 1 is 1.35 bits per heavy atom. The number of hydrogen-bond acceptors (Lipinski definition) is 3. The molecular weight excluding hydrogens is 312 g/mol. The molecule has 1 aliphatic rings. The van der Waals surface area contributed by atoms with E-state index in [2.05, 4.69) is 5.10 Å². The molecule has 5 nitrogen and oxygen atoms in total. The average molecular weight is 333 g/mol. The SMILES string of the molecule is Cc1nn(-c2ccc(Cl)cc2)cc1C(=O)N1CCCCC1CN. The van der Waals surface area contributed by atoms with Gasteiger partial charge in [0.2, 0.25) is 0 Å². The van der Waals surface area contributed by atoms with Crippen molar-refractivity contribution >= 4 is 17.5 Å². The van der Waals surface area contributed by atoms with E-state index < -0.39 is 0 Å². The molecule has 1 fully saturated rings. The summed E-state index contributed by atoms with van der Waals surface area (Å²) < 4.78 is 1.72. The summed E-state index contributed by atoms with van der Waals surface area (Å²) in [7, 11) is 0. The molecule has 2 heterocycles. The summed E-state index contributed by atoms with van der Waals surface area (Å²) in [5, 5.41) is 5.15. The van der Waals surface area contributed by atoms with Gasteiger partial charge < -0.3 is 10.6 Å². The molecule has 23 heavy (non-hydrogen) atoms. The lowest BCUT2D eigenvalue weighted by Gasteiger charge is -2.34. The Hall–Kier alpha value is -1.85. The molecule has 1 unspecified atom stereocenters. The van der Waals surface area contributed by atoms with Crippen LogP contribution in [0.25, 0.3) is 5.69 Å². The Kier molecular flexibility index (Phi) is 4.68. The van der Waals surface area contributed by atoms with Gasteiger partial charge in [-0.3, -0.25) is 4.79 Å². The van der Waals surface area contributed by atoms with Crippen molar-refractivity contribution in [1.82, 2.24) is 14.7 Å². The van der Waals surface area contributed by atoms with Crippen LogP contribution in [0, 0.1) is 6.92 Å². The van der Waals surface area contributed by atoms with Gasteiger partial charge in [-0.15, -0.1) is 0 Å². The fourth-order valence-corrected chi connectivity index (χ4v) is 3.19. The maximum atomic E-state index is 12.9. The summed E-state index contributed by atoms with van der Waals surface area (Å²) in [6.07, 6.45) is 4.94. The molecule has 122 valence electrons. The van der Waals surface area contributed by atoms with Crippen LogP contribution < -0.4 is 5.73 Å². The summed E-state index contributed by atoms with van der Waals surface area (Å²) in [6.45, 7) is 3.14. The highest BCUT2D eigenvalue weighted by Gasteiger charge is 2.28. The van der Waals surface area contributed by atoms with Gasteiger partial charge in [-0.25, -0.2) is 4.68 Å². The van der Waals surface area contributed by atoms with E-state index in [1.807, 2.05) is 36.1 Å². The summed E-state index contributed by atoms with van der Waals surface area (Å²) >= 11 is 5.92. The first-order valence-corrected chi connectivity index (χ1v) is 8.31. The van der Waals surface area contributed by atoms with Crippen LogP contribution in [-0.4, -0.2) is 39.7 Å². The highest BCUT2D eigenvalue weighted by Crippen LogP contribution is 2.21. The third-order valence-electron chi connectivity index (χ3n) is 4.38. The Bertz CT molecular complexity index is 695. The second-order valence-corrected chi connectivity index (χ2v) is 6.37. The Labute approximate surface area is 141 Å². The maximum Gasteiger partial charge on any atom is 0.257 e. The maximum absolute atomic E-state index is 12.9. The van der Waals surface area contributed by atoms with Crippen LogP contribution in [0.3, 0.4) is 0 Å². The van der Waals surface area contributed by atoms with E-state index >= 15 is 0 Å². The number of aromatic nitrogens is 2. The van der Waals surface area contributed by atoms with E-state index in [4.69, 9.17) is 17.3 Å². The molecule has 1 amide bonds. The largest absolute Gasteiger partial charge is 0.334 e. The highest BCUT2D eigenvalue weighted by atomic mass is 35.5. The standard InChI is InChI=1S/C17H21ClN4O/c1-12-16(17(23)21-9-3-2-4-15(21)10-19)11-22(20-12)14-7-5-13(18)6-8-14/h5-8,11,15H,2-4,9-10,19H2,1H3. The summed E-state index contributed by atoms with van der Waals surface area (Å²) in [5.41, 5.74) is 8.08. The first-order valence-electron chi connectivity index (χ1n) is 7.93. The number of carbonyl (C=O) groups excluding carboxylic acids is 1. The second-order valence-electron chi connectivity index (χ2n) is 5.93. The zero-order valence-corrected chi connectivity index (χ0v) is 14.0. The highest BCUT2D eigenvalue weighted by molar-refractivity contribution is 6.30. The van der Waals surface area contributed by atoms with Crippen molar-refractivity contribution in [3.63, 3.8) is 0 Å². The van der Waals surface area contributed by atoms with Gasteiger partial charge >= 0.3 is 0 Å². The number of nitrogens with zero attached hydrogens (tertiary/aromatic N) is 3. The van der Waals surface area contributed by atoms with Crippen LogP contribution in [0.4, 0.5) is 0 Å². The van der Waals surface area contributed by atoms with Gasteiger partial charge in [0, 0.05) is 30.4 Å². The van der Waals surface area contributed by atoms with Crippen LogP contribution in [0.2, 0.25) is 5.02 Å². The van der Waals surface area contributed by atoms with E-state index in [9.17, 15) is 4.79 Å². The van der Waals surface area contributed by atoms with Gasteiger partial charge in [0.1, 0.15) is 0 Å². The van der Waals surface area contributed by atoms with Crippen molar-refractivity contribution in [2.24, 2.45) is 5.73 Å². The Balaban J connectivity index is 1.88. The summed E-state index contributed by atoms with van der Waals surface area (Å²) in [6, 6.07) is 7.52. The molecule has 0 saturated carbocycles. The van der Waals surface area contributed by atoms with Crippen molar-refractivity contribution in [2.45, 2.75) is 32.2 Å². The van der Waals surface area contributed by atoms with Crippen molar-refractivity contribution in [3.8, 4) is 5.69 Å². The third-order valence-corrected chi connectivity index (χ3v) is 4.63. The molecule has 6 heteroatoms. The van der Waals surface area contributed by atoms with Gasteiger partial charge in [-0.05, 0) is 50.5 Å².